The van der Waals surface area contributed by atoms with Crippen molar-refractivity contribution >= 4 is 40.7 Å². The Hall–Kier alpha value is -5.43. The van der Waals surface area contributed by atoms with Gasteiger partial charge in [-0.1, -0.05) is 89.7 Å². The molecule has 8 nitrogen and oxygen atoms in total. The van der Waals surface area contributed by atoms with E-state index in [2.05, 4.69) is 6.07 Å². The van der Waals surface area contributed by atoms with Crippen LogP contribution < -0.4 is 24.4 Å². The van der Waals surface area contributed by atoms with Crippen molar-refractivity contribution < 1.29 is 19.0 Å². The second kappa shape index (κ2) is 13.9. The summed E-state index contributed by atoms with van der Waals surface area (Å²) in [6.45, 7) is 2.09. The molecule has 0 bridgehead atoms. The minimum Gasteiger partial charge on any atom is -0.493 e. The first kappa shape index (κ1) is 31.5. The normalized spacial score (nSPS) is 14.2. The summed E-state index contributed by atoms with van der Waals surface area (Å²) in [4.78, 5) is 33.1. The third kappa shape index (κ3) is 6.47. The second-order valence-electron chi connectivity index (χ2n) is 10.5. The molecule has 0 aliphatic carbocycles. The van der Waals surface area contributed by atoms with E-state index >= 15 is 0 Å². The van der Waals surface area contributed by atoms with Gasteiger partial charge in [0.2, 0.25) is 0 Å². The molecular weight excluding hydrogens is 634 g/mol. The zero-order valence-corrected chi connectivity index (χ0v) is 27.0. The summed E-state index contributed by atoms with van der Waals surface area (Å²) in [6, 6.07) is 30.4. The van der Waals surface area contributed by atoms with Crippen LogP contribution in [0.2, 0.25) is 5.02 Å². The van der Waals surface area contributed by atoms with Crippen LogP contribution >= 0.6 is 22.9 Å². The van der Waals surface area contributed by atoms with Gasteiger partial charge in [-0.25, -0.2) is 9.79 Å². The molecular formula is C37H28ClN3O5S. The quantitative estimate of drug-likeness (QED) is 0.178. The molecule has 0 N–H and O–H groups in total. The van der Waals surface area contributed by atoms with Crippen molar-refractivity contribution in [2.24, 2.45) is 4.99 Å². The Labute approximate surface area is 279 Å². The number of nitrogens with zero attached hydrogens (tertiary/aromatic N) is 3. The number of aromatic nitrogens is 1. The monoisotopic (exact) mass is 661 g/mol. The van der Waals surface area contributed by atoms with Crippen LogP contribution in [0.5, 0.6) is 11.5 Å². The van der Waals surface area contributed by atoms with E-state index < -0.39 is 12.0 Å². The molecule has 234 valence electrons. The van der Waals surface area contributed by atoms with E-state index in [0.717, 1.165) is 11.1 Å². The fourth-order valence-electron chi connectivity index (χ4n) is 5.36. The first-order valence-electron chi connectivity index (χ1n) is 14.7. The molecule has 10 heteroatoms. The Bertz CT molecular complexity index is 2220. The lowest BCUT2D eigenvalue weighted by molar-refractivity contribution is -0.138. The standard InChI is InChI=1S/C37H28ClN3O5S/c1-3-45-36(43)32-33(24-9-5-4-6-10-24)40-37-41(34(32)25-14-16-28(38)17-15-25)35(42)31(47-37)20-23-13-18-29(30(19-23)44-2)46-22-27-12-8-7-11-26(27)21-39/h4-20,34H,3,22H2,1-2H3/b31-20-/t34-/m0/s1. The van der Waals surface area contributed by atoms with Crippen molar-refractivity contribution in [3.8, 4) is 17.6 Å². The van der Waals surface area contributed by atoms with Gasteiger partial charge in [0.05, 0.1) is 47.2 Å². The van der Waals surface area contributed by atoms with E-state index in [0.29, 0.717) is 48.2 Å². The highest BCUT2D eigenvalue weighted by molar-refractivity contribution is 7.07. The Balaban J connectivity index is 1.46. The van der Waals surface area contributed by atoms with Crippen LogP contribution in [-0.2, 0) is 16.1 Å². The van der Waals surface area contributed by atoms with E-state index in [4.69, 9.17) is 30.8 Å². The molecule has 6 rings (SSSR count). The molecule has 1 aliphatic heterocycles. The number of rotatable bonds is 9. The molecule has 1 atom stereocenters. The molecule has 0 saturated carbocycles. The molecule has 47 heavy (non-hydrogen) atoms. The number of fused-ring (bicyclic) bond motifs is 1. The minimum atomic E-state index is -0.804. The first-order chi connectivity index (χ1) is 22.9. The molecule has 4 aromatic carbocycles. The molecule has 0 saturated heterocycles. The van der Waals surface area contributed by atoms with Gasteiger partial charge in [-0.05, 0) is 54.5 Å². The maximum Gasteiger partial charge on any atom is 0.338 e. The van der Waals surface area contributed by atoms with Crippen molar-refractivity contribution in [2.75, 3.05) is 13.7 Å². The van der Waals surface area contributed by atoms with Gasteiger partial charge in [-0.3, -0.25) is 9.36 Å². The van der Waals surface area contributed by atoms with Crippen LogP contribution in [0, 0.1) is 11.3 Å². The Morgan fingerprint density at radius 1 is 1.02 bits per heavy atom. The van der Waals surface area contributed by atoms with E-state index in [1.807, 2.05) is 48.5 Å². The number of carbonyl (C=O) groups excluding carboxylic acids is 1. The minimum absolute atomic E-state index is 0.161. The third-order valence-corrected chi connectivity index (χ3v) is 8.80. The second-order valence-corrected chi connectivity index (χ2v) is 11.9. The molecule has 5 aromatic rings. The Kier molecular flexibility index (Phi) is 9.34. The number of hydrogen-bond donors (Lipinski definition) is 0. The summed E-state index contributed by atoms with van der Waals surface area (Å²) in [5.74, 6) is 0.409. The molecule has 0 fully saturated rings. The number of hydrogen-bond acceptors (Lipinski definition) is 8. The van der Waals surface area contributed by atoms with E-state index in [-0.39, 0.29) is 24.3 Å². The van der Waals surface area contributed by atoms with Gasteiger partial charge in [-0.2, -0.15) is 5.26 Å². The number of ether oxygens (including phenoxy) is 3. The van der Waals surface area contributed by atoms with Crippen LogP contribution in [0.3, 0.4) is 0 Å². The zero-order chi connectivity index (χ0) is 32.9. The van der Waals surface area contributed by atoms with E-state index in [9.17, 15) is 14.9 Å². The Morgan fingerprint density at radius 2 is 1.77 bits per heavy atom. The van der Waals surface area contributed by atoms with Gasteiger partial charge in [0.25, 0.3) is 5.56 Å². The lowest BCUT2D eigenvalue weighted by Gasteiger charge is -2.25. The van der Waals surface area contributed by atoms with Crippen molar-refractivity contribution in [3.63, 3.8) is 0 Å². The smallest absolute Gasteiger partial charge is 0.338 e. The average molecular weight is 662 g/mol. The van der Waals surface area contributed by atoms with Gasteiger partial charge in [0.15, 0.2) is 16.3 Å². The van der Waals surface area contributed by atoms with Crippen molar-refractivity contribution in [3.05, 3.63) is 155 Å². The third-order valence-electron chi connectivity index (χ3n) is 7.57. The predicted molar refractivity (Wildman–Crippen MR) is 181 cm³/mol. The van der Waals surface area contributed by atoms with Crippen molar-refractivity contribution in [1.29, 1.82) is 5.26 Å². The van der Waals surface area contributed by atoms with Gasteiger partial charge >= 0.3 is 5.97 Å². The van der Waals surface area contributed by atoms with E-state index in [1.54, 1.807) is 66.1 Å². The number of nitriles is 1. The molecule has 0 unspecified atom stereocenters. The fourth-order valence-corrected chi connectivity index (χ4v) is 6.48. The van der Waals surface area contributed by atoms with Gasteiger partial charge in [-0.15, -0.1) is 0 Å². The number of halogens is 1. The SMILES string of the molecule is CCOC(=O)C1=C(c2ccccc2)N=c2s/c(=C\c3ccc(OCc4ccccc4C#N)c(OC)c3)c(=O)n2[C@H]1c1ccc(Cl)cc1. The number of methoxy groups -OCH3 is 1. The van der Waals surface area contributed by atoms with Crippen LogP contribution in [-0.4, -0.2) is 24.3 Å². The van der Waals surface area contributed by atoms with E-state index in [1.165, 1.54) is 18.4 Å². The highest BCUT2D eigenvalue weighted by Gasteiger charge is 2.35. The molecule has 1 aromatic heterocycles. The highest BCUT2D eigenvalue weighted by Crippen LogP contribution is 2.35. The summed E-state index contributed by atoms with van der Waals surface area (Å²) in [5, 5.41) is 9.94. The molecule has 0 radical (unpaired) electrons. The summed E-state index contributed by atoms with van der Waals surface area (Å²) in [5.41, 5.74) is 3.81. The van der Waals surface area contributed by atoms with Gasteiger partial charge in [0, 0.05) is 16.1 Å². The zero-order valence-electron chi connectivity index (χ0n) is 25.5. The lowest BCUT2D eigenvalue weighted by Crippen LogP contribution is -2.40. The number of benzene rings is 4. The molecule has 0 amide bonds. The summed E-state index contributed by atoms with van der Waals surface area (Å²) in [6.07, 6.45) is 1.76. The molecule has 0 spiro atoms. The topological polar surface area (TPSA) is 103 Å². The summed E-state index contributed by atoms with van der Waals surface area (Å²) in [7, 11) is 1.54. The van der Waals surface area contributed by atoms with Gasteiger partial charge in [0.1, 0.15) is 6.61 Å². The van der Waals surface area contributed by atoms with Crippen molar-refractivity contribution in [1.82, 2.24) is 4.57 Å². The molecule has 2 heterocycles. The summed E-state index contributed by atoms with van der Waals surface area (Å²) < 4.78 is 19.1. The highest BCUT2D eigenvalue weighted by atomic mass is 35.5. The predicted octanol–water partition coefficient (Wildman–Crippen LogP) is 6.05. The number of esters is 1. The lowest BCUT2D eigenvalue weighted by atomic mass is 9.93. The number of carbonyl (C=O) groups is 1. The van der Waals surface area contributed by atoms with Crippen molar-refractivity contribution in [2.45, 2.75) is 19.6 Å². The van der Waals surface area contributed by atoms with Crippen LogP contribution in [0.4, 0.5) is 0 Å². The maximum absolute atomic E-state index is 14.2. The molecule has 1 aliphatic rings. The first-order valence-corrected chi connectivity index (χ1v) is 15.9. The fraction of sp³-hybridized carbons (Fsp3) is 0.135. The van der Waals surface area contributed by atoms with Crippen LogP contribution in [0.1, 0.15) is 40.8 Å². The van der Waals surface area contributed by atoms with Crippen LogP contribution in [0.15, 0.2) is 112 Å². The Morgan fingerprint density at radius 3 is 2.49 bits per heavy atom. The van der Waals surface area contributed by atoms with Gasteiger partial charge < -0.3 is 14.2 Å². The maximum atomic E-state index is 14.2. The van der Waals surface area contributed by atoms with Crippen LogP contribution in [0.25, 0.3) is 11.8 Å². The summed E-state index contributed by atoms with van der Waals surface area (Å²) >= 11 is 7.45. The number of thiazole rings is 1. The largest absolute Gasteiger partial charge is 0.493 e. The average Bonchev–Trinajstić information content (AvgIpc) is 3.41.